The quantitative estimate of drug-likeness (QED) is 0.564. The van der Waals surface area contributed by atoms with E-state index in [4.69, 9.17) is 4.74 Å². The molecule has 0 aromatic carbocycles. The number of carbonyl (C=O) groups excluding carboxylic acids is 2. The summed E-state index contributed by atoms with van der Waals surface area (Å²) in [6.07, 6.45) is 0.667. The molecule has 0 aromatic rings. The summed E-state index contributed by atoms with van der Waals surface area (Å²) < 4.78 is 5.22. The van der Waals surface area contributed by atoms with E-state index < -0.39 is 23.7 Å². The van der Waals surface area contributed by atoms with Crippen LogP contribution < -0.4 is 0 Å². The van der Waals surface area contributed by atoms with E-state index in [1.54, 1.807) is 20.8 Å². The minimum absolute atomic E-state index is 0.148. The van der Waals surface area contributed by atoms with Gasteiger partial charge in [0.2, 0.25) is 5.91 Å². The van der Waals surface area contributed by atoms with E-state index in [2.05, 4.69) is 6.58 Å². The summed E-state index contributed by atoms with van der Waals surface area (Å²) in [5, 5.41) is 9.53. The highest BCUT2D eigenvalue weighted by atomic mass is 16.6. The molecule has 1 aliphatic rings. The van der Waals surface area contributed by atoms with Gasteiger partial charge in [-0.2, -0.15) is 0 Å². The molecule has 1 rings (SSSR count). The van der Waals surface area contributed by atoms with Gasteiger partial charge in [0.05, 0.1) is 6.10 Å². The van der Waals surface area contributed by atoms with Gasteiger partial charge in [-0.05, 0) is 26.8 Å². The van der Waals surface area contributed by atoms with Crippen molar-refractivity contribution in [3.05, 3.63) is 12.7 Å². The first-order valence-corrected chi connectivity index (χ1v) is 5.58. The first-order chi connectivity index (χ1) is 7.74. The molecule has 0 bridgehead atoms. The second kappa shape index (κ2) is 4.87. The molecule has 0 radical (unpaired) electrons. The topological polar surface area (TPSA) is 66.8 Å². The van der Waals surface area contributed by atoms with E-state index >= 15 is 0 Å². The second-order valence-electron chi connectivity index (χ2n) is 5.13. The highest BCUT2D eigenvalue weighted by Gasteiger charge is 2.40. The van der Waals surface area contributed by atoms with Crippen molar-refractivity contribution >= 4 is 11.9 Å². The predicted octanol–water partition coefficient (Wildman–Crippen LogP) is 0.476. The summed E-state index contributed by atoms with van der Waals surface area (Å²) in [5.41, 5.74) is -0.604. The van der Waals surface area contributed by atoms with E-state index in [1.807, 2.05) is 0 Å². The van der Waals surface area contributed by atoms with Gasteiger partial charge >= 0.3 is 5.97 Å². The van der Waals surface area contributed by atoms with Crippen LogP contribution in [-0.2, 0) is 14.3 Å². The van der Waals surface area contributed by atoms with Gasteiger partial charge in [0, 0.05) is 13.0 Å². The van der Waals surface area contributed by atoms with Gasteiger partial charge in [-0.15, -0.1) is 0 Å². The van der Waals surface area contributed by atoms with Crippen molar-refractivity contribution in [1.82, 2.24) is 4.90 Å². The van der Waals surface area contributed by atoms with Crippen LogP contribution in [0, 0.1) is 0 Å². The van der Waals surface area contributed by atoms with Gasteiger partial charge in [-0.25, -0.2) is 4.79 Å². The third-order valence-corrected chi connectivity index (χ3v) is 2.42. The Morgan fingerprint density at radius 3 is 2.53 bits per heavy atom. The van der Waals surface area contributed by atoms with Gasteiger partial charge in [0.25, 0.3) is 0 Å². The van der Waals surface area contributed by atoms with Crippen molar-refractivity contribution in [3.63, 3.8) is 0 Å². The Kier molecular flexibility index (Phi) is 3.93. The lowest BCUT2D eigenvalue weighted by Crippen LogP contribution is -2.42. The van der Waals surface area contributed by atoms with Gasteiger partial charge in [-0.1, -0.05) is 6.58 Å². The van der Waals surface area contributed by atoms with Crippen molar-refractivity contribution in [1.29, 1.82) is 0 Å². The van der Waals surface area contributed by atoms with E-state index in [-0.39, 0.29) is 18.9 Å². The molecule has 0 aliphatic carbocycles. The van der Waals surface area contributed by atoms with Crippen LogP contribution in [0.1, 0.15) is 27.2 Å². The maximum Gasteiger partial charge on any atom is 0.329 e. The Morgan fingerprint density at radius 2 is 2.06 bits per heavy atom. The van der Waals surface area contributed by atoms with Crippen molar-refractivity contribution in [2.75, 3.05) is 6.54 Å². The fourth-order valence-corrected chi connectivity index (χ4v) is 1.77. The molecule has 17 heavy (non-hydrogen) atoms. The molecule has 1 N–H and O–H groups in total. The summed E-state index contributed by atoms with van der Waals surface area (Å²) in [6, 6.07) is -0.713. The van der Waals surface area contributed by atoms with E-state index in [0.29, 0.717) is 0 Å². The number of esters is 1. The molecule has 5 nitrogen and oxygen atoms in total. The zero-order chi connectivity index (χ0) is 13.2. The number of aliphatic hydroxyl groups is 1. The van der Waals surface area contributed by atoms with Gasteiger partial charge < -0.3 is 14.7 Å². The SMILES string of the molecule is C=CC(=O)N1C[C@@H](O)C[C@H]1C(=O)OC(C)(C)C. The van der Waals surface area contributed by atoms with Crippen LogP contribution in [-0.4, -0.2) is 46.2 Å². The van der Waals surface area contributed by atoms with Crippen molar-refractivity contribution < 1.29 is 19.4 Å². The van der Waals surface area contributed by atoms with Crippen molar-refractivity contribution in [2.45, 2.75) is 44.9 Å². The zero-order valence-electron chi connectivity index (χ0n) is 10.5. The minimum atomic E-state index is -0.713. The third-order valence-electron chi connectivity index (χ3n) is 2.42. The molecule has 1 amide bonds. The molecule has 5 heteroatoms. The smallest absolute Gasteiger partial charge is 0.329 e. The molecule has 0 aromatic heterocycles. The molecule has 1 fully saturated rings. The molecule has 0 unspecified atom stereocenters. The lowest BCUT2D eigenvalue weighted by molar-refractivity contribution is -0.162. The Bertz CT molecular complexity index is 332. The van der Waals surface area contributed by atoms with Crippen LogP contribution in [0.5, 0.6) is 0 Å². The molecule has 96 valence electrons. The Labute approximate surface area is 101 Å². The summed E-state index contributed by atoms with van der Waals surface area (Å²) in [5.74, 6) is -0.846. The van der Waals surface area contributed by atoms with Gasteiger partial charge in [-0.3, -0.25) is 4.79 Å². The lowest BCUT2D eigenvalue weighted by Gasteiger charge is -2.26. The highest BCUT2D eigenvalue weighted by molar-refractivity contribution is 5.91. The lowest BCUT2D eigenvalue weighted by atomic mass is 10.1. The second-order valence-corrected chi connectivity index (χ2v) is 5.13. The van der Waals surface area contributed by atoms with E-state index in [0.717, 1.165) is 6.08 Å². The molecule has 1 aliphatic heterocycles. The zero-order valence-corrected chi connectivity index (χ0v) is 10.5. The van der Waals surface area contributed by atoms with Crippen molar-refractivity contribution in [2.24, 2.45) is 0 Å². The first-order valence-electron chi connectivity index (χ1n) is 5.58. The number of likely N-dealkylation sites (tertiary alicyclic amines) is 1. The minimum Gasteiger partial charge on any atom is -0.458 e. The number of β-amino-alcohol motifs (C(OH)–C–C–N with tert-alkyl or cyclic N) is 1. The number of hydrogen-bond donors (Lipinski definition) is 1. The van der Waals surface area contributed by atoms with Crippen molar-refractivity contribution in [3.8, 4) is 0 Å². The molecule has 0 saturated carbocycles. The largest absolute Gasteiger partial charge is 0.458 e. The average Bonchev–Trinajstić information content (AvgIpc) is 2.56. The van der Waals surface area contributed by atoms with Gasteiger partial charge in [0.15, 0.2) is 0 Å². The molecule has 1 heterocycles. The Hall–Kier alpha value is -1.36. The monoisotopic (exact) mass is 241 g/mol. The summed E-state index contributed by atoms with van der Waals surface area (Å²) >= 11 is 0. The number of ether oxygens (including phenoxy) is 1. The fourth-order valence-electron chi connectivity index (χ4n) is 1.77. The average molecular weight is 241 g/mol. The molecular weight excluding hydrogens is 222 g/mol. The fraction of sp³-hybridized carbons (Fsp3) is 0.667. The van der Waals surface area contributed by atoms with E-state index in [1.165, 1.54) is 4.90 Å². The standard InChI is InChI=1S/C12H19NO4/c1-5-10(15)13-7-8(14)6-9(13)11(16)17-12(2,3)4/h5,8-9,14H,1,6-7H2,2-4H3/t8-,9-/m0/s1. The number of hydrogen-bond acceptors (Lipinski definition) is 4. The first kappa shape index (κ1) is 13.7. The number of carbonyl (C=O) groups is 2. The van der Waals surface area contributed by atoms with Crippen LogP contribution in [0.4, 0.5) is 0 Å². The number of nitrogens with zero attached hydrogens (tertiary/aromatic N) is 1. The number of amides is 1. The summed E-state index contributed by atoms with van der Waals surface area (Å²) in [4.78, 5) is 24.7. The van der Waals surface area contributed by atoms with Crippen LogP contribution in [0.15, 0.2) is 12.7 Å². The third kappa shape index (κ3) is 3.56. The molecule has 1 saturated heterocycles. The summed E-state index contributed by atoms with van der Waals surface area (Å²) in [7, 11) is 0. The number of rotatable bonds is 2. The van der Waals surface area contributed by atoms with E-state index in [9.17, 15) is 14.7 Å². The maximum absolute atomic E-state index is 11.9. The molecular formula is C12H19NO4. The Morgan fingerprint density at radius 1 is 1.47 bits per heavy atom. The van der Waals surface area contributed by atoms with Crippen LogP contribution in [0.2, 0.25) is 0 Å². The Balaban J connectivity index is 2.77. The predicted molar refractivity (Wildman–Crippen MR) is 62.2 cm³/mol. The van der Waals surface area contributed by atoms with Crippen LogP contribution in [0.3, 0.4) is 0 Å². The maximum atomic E-state index is 11.9. The highest BCUT2D eigenvalue weighted by Crippen LogP contribution is 2.21. The molecule has 2 atom stereocenters. The molecule has 0 spiro atoms. The van der Waals surface area contributed by atoms with Crippen LogP contribution in [0.25, 0.3) is 0 Å². The number of aliphatic hydroxyl groups excluding tert-OH is 1. The summed E-state index contributed by atoms with van der Waals surface area (Å²) in [6.45, 7) is 8.80. The van der Waals surface area contributed by atoms with Gasteiger partial charge in [0.1, 0.15) is 11.6 Å². The van der Waals surface area contributed by atoms with Crippen LogP contribution >= 0.6 is 0 Å². The normalized spacial score (nSPS) is 24.6.